The van der Waals surface area contributed by atoms with Gasteiger partial charge in [-0.3, -0.25) is 4.79 Å². The quantitative estimate of drug-likeness (QED) is 0.838. The van der Waals surface area contributed by atoms with E-state index in [0.29, 0.717) is 32.8 Å². The highest BCUT2D eigenvalue weighted by Crippen LogP contribution is 2.23. The number of carbonyl (C=O) groups excluding carboxylic acids is 1. The van der Waals surface area contributed by atoms with Crippen LogP contribution in [-0.2, 0) is 9.53 Å². The Morgan fingerprint density at radius 2 is 1.95 bits per heavy atom. The third-order valence-electron chi connectivity index (χ3n) is 4.35. The molecule has 0 N–H and O–H groups in total. The van der Waals surface area contributed by atoms with Gasteiger partial charge in [-0.15, -0.1) is 0 Å². The molecule has 0 aromatic heterocycles. The average molecular weight is 310 g/mol. The second kappa shape index (κ2) is 6.60. The Hall–Kier alpha value is -1.69. The van der Waals surface area contributed by atoms with Crippen LogP contribution in [0, 0.1) is 17.6 Å². The fourth-order valence-corrected chi connectivity index (χ4v) is 3.09. The molecule has 1 atom stereocenters. The lowest BCUT2D eigenvalue weighted by Crippen LogP contribution is -2.51. The Labute approximate surface area is 128 Å². The van der Waals surface area contributed by atoms with Crippen molar-refractivity contribution in [3.05, 3.63) is 29.8 Å². The average Bonchev–Trinajstić information content (AvgIpc) is 2.57. The normalized spacial score (nSPS) is 22.7. The Morgan fingerprint density at radius 3 is 2.64 bits per heavy atom. The number of piperazine rings is 1. The van der Waals surface area contributed by atoms with Crippen LogP contribution in [0.1, 0.15) is 12.8 Å². The van der Waals surface area contributed by atoms with E-state index in [1.165, 1.54) is 6.07 Å². The molecule has 2 aliphatic heterocycles. The summed E-state index contributed by atoms with van der Waals surface area (Å²) < 4.78 is 32.4. The monoisotopic (exact) mass is 310 g/mol. The molecule has 0 saturated carbocycles. The number of hydrogen-bond acceptors (Lipinski definition) is 3. The van der Waals surface area contributed by atoms with Gasteiger partial charge in [-0.1, -0.05) is 0 Å². The van der Waals surface area contributed by atoms with Crippen LogP contribution in [0.5, 0.6) is 0 Å². The van der Waals surface area contributed by atoms with Gasteiger partial charge in [0, 0.05) is 38.9 Å². The standard InChI is InChI=1S/C16H20F2N2O2/c17-13-3-4-14(18)15(10-13)19-5-7-20(8-6-19)16(21)12-2-1-9-22-11-12/h3-4,10,12H,1-2,5-9,11H2/t12-/m0/s1. The van der Waals surface area contributed by atoms with Crippen LogP contribution in [-0.4, -0.2) is 50.2 Å². The van der Waals surface area contributed by atoms with E-state index in [9.17, 15) is 13.6 Å². The second-order valence-corrected chi connectivity index (χ2v) is 5.82. The maximum absolute atomic E-state index is 13.8. The minimum absolute atomic E-state index is 0.0498. The molecule has 0 radical (unpaired) electrons. The molecule has 22 heavy (non-hydrogen) atoms. The van der Waals surface area contributed by atoms with E-state index in [2.05, 4.69) is 0 Å². The van der Waals surface area contributed by atoms with Crippen LogP contribution in [0.4, 0.5) is 14.5 Å². The molecule has 1 aromatic rings. The highest BCUT2D eigenvalue weighted by Gasteiger charge is 2.29. The Kier molecular flexibility index (Phi) is 4.57. The van der Waals surface area contributed by atoms with Crippen LogP contribution in [0.2, 0.25) is 0 Å². The van der Waals surface area contributed by atoms with Gasteiger partial charge in [0.15, 0.2) is 0 Å². The molecule has 4 nitrogen and oxygen atoms in total. The molecular formula is C16H20F2N2O2. The number of anilines is 1. The first-order valence-corrected chi connectivity index (χ1v) is 7.71. The molecule has 2 heterocycles. The van der Waals surface area contributed by atoms with Gasteiger partial charge in [0.2, 0.25) is 5.91 Å². The van der Waals surface area contributed by atoms with Crippen molar-refractivity contribution in [1.29, 1.82) is 0 Å². The van der Waals surface area contributed by atoms with Crippen molar-refractivity contribution in [2.75, 3.05) is 44.3 Å². The number of benzene rings is 1. The molecule has 2 fully saturated rings. The van der Waals surface area contributed by atoms with E-state index in [1.54, 1.807) is 4.90 Å². The van der Waals surface area contributed by atoms with Crippen molar-refractivity contribution >= 4 is 11.6 Å². The van der Waals surface area contributed by atoms with Gasteiger partial charge >= 0.3 is 0 Å². The first-order valence-electron chi connectivity index (χ1n) is 7.71. The highest BCUT2D eigenvalue weighted by molar-refractivity contribution is 5.79. The zero-order valence-corrected chi connectivity index (χ0v) is 12.4. The number of nitrogens with zero attached hydrogens (tertiary/aromatic N) is 2. The first kappa shape index (κ1) is 15.2. The summed E-state index contributed by atoms with van der Waals surface area (Å²) in [5.74, 6) is -0.804. The topological polar surface area (TPSA) is 32.8 Å². The summed E-state index contributed by atoms with van der Waals surface area (Å²) in [4.78, 5) is 16.0. The molecule has 2 aliphatic rings. The third-order valence-corrected chi connectivity index (χ3v) is 4.35. The van der Waals surface area contributed by atoms with Crippen LogP contribution < -0.4 is 4.90 Å². The second-order valence-electron chi connectivity index (χ2n) is 5.82. The summed E-state index contributed by atoms with van der Waals surface area (Å²) >= 11 is 0. The molecule has 3 rings (SSSR count). The number of rotatable bonds is 2. The molecule has 0 aliphatic carbocycles. The van der Waals surface area contributed by atoms with E-state index in [4.69, 9.17) is 4.74 Å². The predicted molar refractivity (Wildman–Crippen MR) is 78.7 cm³/mol. The van der Waals surface area contributed by atoms with Crippen molar-refractivity contribution in [3.8, 4) is 0 Å². The lowest BCUT2D eigenvalue weighted by atomic mass is 10.0. The number of amides is 1. The SMILES string of the molecule is O=C([C@H]1CCCOC1)N1CCN(c2cc(F)ccc2F)CC1. The Morgan fingerprint density at radius 1 is 1.18 bits per heavy atom. The molecule has 1 amide bonds. The minimum Gasteiger partial charge on any atom is -0.381 e. The van der Waals surface area contributed by atoms with Gasteiger partial charge in [0.1, 0.15) is 11.6 Å². The van der Waals surface area contributed by atoms with Crippen molar-refractivity contribution in [2.45, 2.75) is 12.8 Å². The highest BCUT2D eigenvalue weighted by atomic mass is 19.1. The smallest absolute Gasteiger partial charge is 0.228 e. The molecule has 120 valence electrons. The van der Waals surface area contributed by atoms with Gasteiger partial charge in [-0.25, -0.2) is 8.78 Å². The van der Waals surface area contributed by atoms with E-state index < -0.39 is 11.6 Å². The van der Waals surface area contributed by atoms with Crippen LogP contribution in [0.15, 0.2) is 18.2 Å². The number of ether oxygens (including phenoxy) is 1. The molecule has 0 bridgehead atoms. The van der Waals surface area contributed by atoms with Gasteiger partial charge < -0.3 is 14.5 Å². The number of hydrogen-bond donors (Lipinski definition) is 0. The van der Waals surface area contributed by atoms with Crippen LogP contribution in [0.25, 0.3) is 0 Å². The summed E-state index contributed by atoms with van der Waals surface area (Å²) in [5, 5.41) is 0. The zero-order chi connectivity index (χ0) is 15.5. The van der Waals surface area contributed by atoms with Gasteiger partial charge in [0.05, 0.1) is 18.2 Å². The maximum atomic E-state index is 13.8. The van der Waals surface area contributed by atoms with Gasteiger partial charge in [-0.05, 0) is 25.0 Å². The van der Waals surface area contributed by atoms with Gasteiger partial charge in [-0.2, -0.15) is 0 Å². The summed E-state index contributed by atoms with van der Waals surface area (Å²) in [6.07, 6.45) is 1.79. The fourth-order valence-electron chi connectivity index (χ4n) is 3.09. The summed E-state index contributed by atoms with van der Waals surface area (Å²) in [7, 11) is 0. The van der Waals surface area contributed by atoms with Crippen LogP contribution in [0.3, 0.4) is 0 Å². The minimum atomic E-state index is -0.450. The Balaban J connectivity index is 1.60. The van der Waals surface area contributed by atoms with Crippen molar-refractivity contribution in [3.63, 3.8) is 0 Å². The lowest BCUT2D eigenvalue weighted by molar-refractivity contribution is -0.140. The molecule has 2 saturated heterocycles. The van der Waals surface area contributed by atoms with Crippen molar-refractivity contribution in [1.82, 2.24) is 4.90 Å². The van der Waals surface area contributed by atoms with Crippen LogP contribution >= 0.6 is 0 Å². The predicted octanol–water partition coefficient (Wildman–Crippen LogP) is 2.04. The first-order chi connectivity index (χ1) is 10.6. The number of halogens is 2. The van der Waals surface area contributed by atoms with E-state index in [-0.39, 0.29) is 17.5 Å². The molecular weight excluding hydrogens is 290 g/mol. The van der Waals surface area contributed by atoms with Crippen molar-refractivity contribution < 1.29 is 18.3 Å². The summed E-state index contributed by atoms with van der Waals surface area (Å²) in [5.41, 5.74) is 0.271. The fraction of sp³-hybridized carbons (Fsp3) is 0.562. The summed E-state index contributed by atoms with van der Waals surface area (Å²) in [6.45, 7) is 3.32. The van der Waals surface area contributed by atoms with E-state index in [0.717, 1.165) is 31.6 Å². The molecule has 1 aromatic carbocycles. The molecule has 0 spiro atoms. The van der Waals surface area contributed by atoms with E-state index >= 15 is 0 Å². The lowest BCUT2D eigenvalue weighted by Gasteiger charge is -2.38. The van der Waals surface area contributed by atoms with E-state index in [1.807, 2.05) is 4.90 Å². The molecule has 6 heteroatoms. The third kappa shape index (κ3) is 3.21. The zero-order valence-electron chi connectivity index (χ0n) is 12.4. The largest absolute Gasteiger partial charge is 0.381 e. The van der Waals surface area contributed by atoms with Crippen molar-refractivity contribution in [2.24, 2.45) is 5.92 Å². The number of carbonyl (C=O) groups is 1. The maximum Gasteiger partial charge on any atom is 0.228 e. The summed E-state index contributed by atoms with van der Waals surface area (Å²) in [6, 6.07) is 3.46. The van der Waals surface area contributed by atoms with Gasteiger partial charge in [0.25, 0.3) is 0 Å². The Bertz CT molecular complexity index is 539. The molecule has 0 unspecified atom stereocenters.